The quantitative estimate of drug-likeness (QED) is 0.313. The second kappa shape index (κ2) is 11.2. The van der Waals surface area contributed by atoms with Gasteiger partial charge in [0.25, 0.3) is 5.69 Å². The molecule has 0 fully saturated rings. The summed E-state index contributed by atoms with van der Waals surface area (Å²) in [6.45, 7) is 1.86. The Morgan fingerprint density at radius 3 is 1.85 bits per heavy atom. The smallest absolute Gasteiger partial charge is 0.269 e. The van der Waals surface area contributed by atoms with Crippen molar-refractivity contribution in [1.82, 2.24) is 9.80 Å². The third kappa shape index (κ3) is 7.21. The molecule has 0 aliphatic carbocycles. The van der Waals surface area contributed by atoms with E-state index in [2.05, 4.69) is 9.80 Å². The van der Waals surface area contributed by atoms with Crippen molar-refractivity contribution in [2.75, 3.05) is 26.4 Å². The van der Waals surface area contributed by atoms with E-state index in [4.69, 9.17) is 0 Å². The first-order valence-electron chi connectivity index (χ1n) is 10.7. The number of rotatable bonds is 11. The van der Waals surface area contributed by atoms with Crippen LogP contribution >= 0.6 is 0 Å². The molecule has 0 aliphatic heterocycles. The van der Waals surface area contributed by atoms with Gasteiger partial charge in [-0.25, -0.2) is 8.42 Å². The Bertz CT molecular complexity index is 1140. The van der Waals surface area contributed by atoms with Gasteiger partial charge in [0.05, 0.1) is 15.6 Å². The van der Waals surface area contributed by atoms with Gasteiger partial charge >= 0.3 is 0 Å². The van der Waals surface area contributed by atoms with Crippen LogP contribution in [-0.2, 0) is 22.9 Å². The Kier molecular flexibility index (Phi) is 8.32. The Labute approximate surface area is 195 Å². The number of benzene rings is 3. The minimum Gasteiger partial charge on any atom is -0.301 e. The van der Waals surface area contributed by atoms with Crippen molar-refractivity contribution in [3.63, 3.8) is 0 Å². The van der Waals surface area contributed by atoms with Crippen LogP contribution in [-0.4, -0.2) is 55.6 Å². The highest BCUT2D eigenvalue weighted by atomic mass is 32.2. The van der Waals surface area contributed by atoms with Crippen molar-refractivity contribution in [2.45, 2.75) is 24.0 Å². The van der Waals surface area contributed by atoms with Crippen molar-refractivity contribution >= 4 is 15.5 Å². The number of nitrogens with zero attached hydrogens (tertiary/aromatic N) is 3. The number of hydrogen-bond donors (Lipinski definition) is 0. The summed E-state index contributed by atoms with van der Waals surface area (Å²) in [5.41, 5.74) is 2.13. The maximum atomic E-state index is 13.2. The third-order valence-electron chi connectivity index (χ3n) is 5.53. The normalized spacial score (nSPS) is 12.7. The predicted octanol–water partition coefficient (Wildman–Crippen LogP) is 4.00. The van der Waals surface area contributed by atoms with Crippen LogP contribution < -0.4 is 0 Å². The summed E-state index contributed by atoms with van der Waals surface area (Å²) in [5, 5.41) is 10.9. The Morgan fingerprint density at radius 1 is 0.818 bits per heavy atom. The van der Waals surface area contributed by atoms with Crippen LogP contribution in [0.4, 0.5) is 5.69 Å². The van der Waals surface area contributed by atoms with Gasteiger partial charge in [0, 0.05) is 37.8 Å². The SMILES string of the molecule is CN(Cc1ccccc1)CC(CS(=O)(=O)c1ccc([N+](=O)[O-])cc1)N(C)Cc1ccccc1. The number of nitro groups is 1. The molecule has 0 saturated heterocycles. The summed E-state index contributed by atoms with van der Waals surface area (Å²) in [6.07, 6.45) is 0. The van der Waals surface area contributed by atoms with E-state index in [9.17, 15) is 18.5 Å². The molecular formula is C25H29N3O4S. The molecule has 1 atom stereocenters. The fourth-order valence-electron chi connectivity index (χ4n) is 3.76. The Morgan fingerprint density at radius 2 is 1.33 bits per heavy atom. The van der Waals surface area contributed by atoms with Crippen LogP contribution in [0.25, 0.3) is 0 Å². The molecule has 0 N–H and O–H groups in total. The molecule has 0 saturated carbocycles. The summed E-state index contributed by atoms with van der Waals surface area (Å²) in [7, 11) is 0.262. The van der Waals surface area contributed by atoms with E-state index in [0.29, 0.717) is 19.6 Å². The summed E-state index contributed by atoms with van der Waals surface area (Å²) in [6, 6.07) is 24.8. The fourth-order valence-corrected chi connectivity index (χ4v) is 5.37. The number of likely N-dealkylation sites (N-methyl/N-ethyl adjacent to an activating group) is 2. The lowest BCUT2D eigenvalue weighted by Gasteiger charge is -2.31. The van der Waals surface area contributed by atoms with Gasteiger partial charge < -0.3 is 4.90 Å². The lowest BCUT2D eigenvalue weighted by atomic mass is 10.1. The van der Waals surface area contributed by atoms with Gasteiger partial charge in [-0.2, -0.15) is 0 Å². The van der Waals surface area contributed by atoms with Crippen molar-refractivity contribution < 1.29 is 13.3 Å². The van der Waals surface area contributed by atoms with Gasteiger partial charge in [-0.1, -0.05) is 60.7 Å². The molecule has 3 rings (SSSR count). The zero-order valence-electron chi connectivity index (χ0n) is 18.9. The van der Waals surface area contributed by atoms with Crippen LogP contribution in [0.2, 0.25) is 0 Å². The van der Waals surface area contributed by atoms with E-state index >= 15 is 0 Å². The molecule has 33 heavy (non-hydrogen) atoms. The highest BCUT2D eigenvalue weighted by Gasteiger charge is 2.26. The molecule has 0 spiro atoms. The first-order chi connectivity index (χ1) is 15.7. The summed E-state index contributed by atoms with van der Waals surface area (Å²) in [4.78, 5) is 14.6. The van der Waals surface area contributed by atoms with Crippen molar-refractivity contribution in [2.24, 2.45) is 0 Å². The lowest BCUT2D eigenvalue weighted by molar-refractivity contribution is -0.384. The molecule has 1 unspecified atom stereocenters. The van der Waals surface area contributed by atoms with E-state index in [1.807, 2.05) is 74.8 Å². The lowest BCUT2D eigenvalue weighted by Crippen LogP contribution is -2.44. The first kappa shape index (κ1) is 24.6. The Balaban J connectivity index is 1.79. The number of non-ortho nitro benzene ring substituents is 1. The molecule has 0 aliphatic rings. The fraction of sp³-hybridized carbons (Fsp3) is 0.280. The van der Waals surface area contributed by atoms with E-state index < -0.39 is 14.8 Å². The largest absolute Gasteiger partial charge is 0.301 e. The molecule has 174 valence electrons. The minimum atomic E-state index is -3.65. The van der Waals surface area contributed by atoms with Crippen molar-refractivity contribution in [3.05, 3.63) is 106 Å². The van der Waals surface area contributed by atoms with Crippen LogP contribution in [0.1, 0.15) is 11.1 Å². The maximum Gasteiger partial charge on any atom is 0.269 e. The van der Waals surface area contributed by atoms with E-state index in [-0.39, 0.29) is 22.4 Å². The van der Waals surface area contributed by atoms with Crippen LogP contribution in [0, 0.1) is 10.1 Å². The highest BCUT2D eigenvalue weighted by molar-refractivity contribution is 7.91. The van der Waals surface area contributed by atoms with Crippen molar-refractivity contribution in [3.8, 4) is 0 Å². The second-order valence-electron chi connectivity index (χ2n) is 8.27. The molecule has 3 aromatic carbocycles. The number of nitro benzene ring substituents is 1. The van der Waals surface area contributed by atoms with Gasteiger partial charge in [-0.05, 0) is 37.4 Å². The molecule has 7 nitrogen and oxygen atoms in total. The van der Waals surface area contributed by atoms with Crippen LogP contribution in [0.3, 0.4) is 0 Å². The molecule has 0 heterocycles. The standard InChI is InChI=1S/C25H29N3O4S/c1-26(17-21-9-5-3-6-10-21)19-24(27(2)18-22-11-7-4-8-12-22)20-33(31,32)25-15-13-23(14-16-25)28(29)30/h3-16,24H,17-20H2,1-2H3. The van der Waals surface area contributed by atoms with Gasteiger partial charge in [-0.15, -0.1) is 0 Å². The molecule has 8 heteroatoms. The number of sulfone groups is 1. The summed E-state index contributed by atoms with van der Waals surface area (Å²) in [5.74, 6) is -0.0900. The monoisotopic (exact) mass is 467 g/mol. The van der Waals surface area contributed by atoms with Crippen LogP contribution in [0.5, 0.6) is 0 Å². The zero-order valence-corrected chi connectivity index (χ0v) is 19.7. The maximum absolute atomic E-state index is 13.2. The molecule has 0 amide bonds. The topological polar surface area (TPSA) is 83.8 Å². The Hall–Kier alpha value is -3.07. The van der Waals surface area contributed by atoms with Crippen LogP contribution in [0.15, 0.2) is 89.8 Å². The second-order valence-corrected chi connectivity index (χ2v) is 10.3. The predicted molar refractivity (Wildman–Crippen MR) is 130 cm³/mol. The average Bonchev–Trinajstić information content (AvgIpc) is 2.80. The van der Waals surface area contributed by atoms with Gasteiger partial charge in [0.1, 0.15) is 0 Å². The van der Waals surface area contributed by atoms with E-state index in [1.54, 1.807) is 0 Å². The molecule has 0 radical (unpaired) electrons. The van der Waals surface area contributed by atoms with Gasteiger partial charge in [0.15, 0.2) is 9.84 Å². The molecule has 3 aromatic rings. The number of hydrogen-bond acceptors (Lipinski definition) is 6. The van der Waals surface area contributed by atoms with E-state index in [0.717, 1.165) is 11.1 Å². The van der Waals surface area contributed by atoms with Gasteiger partial charge in [-0.3, -0.25) is 15.0 Å². The van der Waals surface area contributed by atoms with E-state index in [1.165, 1.54) is 24.3 Å². The molecule has 0 aromatic heterocycles. The average molecular weight is 468 g/mol. The molecular weight excluding hydrogens is 438 g/mol. The van der Waals surface area contributed by atoms with Crippen molar-refractivity contribution in [1.29, 1.82) is 0 Å². The minimum absolute atomic E-state index is 0.0900. The molecule has 0 bridgehead atoms. The summed E-state index contributed by atoms with van der Waals surface area (Å²) >= 11 is 0. The summed E-state index contributed by atoms with van der Waals surface area (Å²) < 4.78 is 26.4. The first-order valence-corrected chi connectivity index (χ1v) is 12.3. The zero-order chi connectivity index (χ0) is 23.8. The highest BCUT2D eigenvalue weighted by Crippen LogP contribution is 2.20. The van der Waals surface area contributed by atoms with Gasteiger partial charge in [0.2, 0.25) is 0 Å². The third-order valence-corrected chi connectivity index (χ3v) is 7.35.